The molecular weight excluding hydrogens is 482 g/mol. The molecule has 0 spiro atoms. The smallest absolute Gasteiger partial charge is 0.164 e. The average molecular weight is 506 g/mol. The van der Waals surface area contributed by atoms with Gasteiger partial charge in [0.05, 0.1) is 0 Å². The maximum Gasteiger partial charge on any atom is 0.164 e. The summed E-state index contributed by atoms with van der Waals surface area (Å²) in [6, 6.07) is 41.9. The third-order valence-electron chi connectivity index (χ3n) is 6.87. The third-order valence-corrected chi connectivity index (χ3v) is 7.99. The molecule has 0 amide bonds. The zero-order valence-corrected chi connectivity index (χ0v) is 21.6. The topological polar surface area (TPSA) is 38.7 Å². The summed E-state index contributed by atoms with van der Waals surface area (Å²) in [5.41, 5.74) is 6.52. The fourth-order valence-electron chi connectivity index (χ4n) is 5.04. The van der Waals surface area contributed by atoms with Gasteiger partial charge in [0.15, 0.2) is 17.5 Å². The van der Waals surface area contributed by atoms with Gasteiger partial charge < -0.3 is 0 Å². The van der Waals surface area contributed by atoms with E-state index < -0.39 is 0 Å². The van der Waals surface area contributed by atoms with Crippen LogP contribution in [-0.4, -0.2) is 15.0 Å². The molecule has 0 radical (unpaired) electrons. The van der Waals surface area contributed by atoms with Crippen LogP contribution < -0.4 is 0 Å². The quantitative estimate of drug-likeness (QED) is 0.239. The molecule has 0 aliphatic heterocycles. The largest absolute Gasteiger partial charge is 0.208 e. The van der Waals surface area contributed by atoms with E-state index >= 15 is 0 Å². The van der Waals surface area contributed by atoms with Crippen molar-refractivity contribution in [2.24, 2.45) is 0 Å². The third kappa shape index (κ3) is 3.96. The molecule has 7 aromatic rings. The Kier molecular flexibility index (Phi) is 5.53. The van der Waals surface area contributed by atoms with Crippen LogP contribution in [0.1, 0.15) is 5.56 Å². The van der Waals surface area contributed by atoms with Crippen molar-refractivity contribution in [3.63, 3.8) is 0 Å². The summed E-state index contributed by atoms with van der Waals surface area (Å²) in [6.07, 6.45) is 0. The van der Waals surface area contributed by atoms with Crippen LogP contribution in [0, 0.1) is 6.92 Å². The first-order valence-electron chi connectivity index (χ1n) is 12.6. The first-order chi connectivity index (χ1) is 18.7. The van der Waals surface area contributed by atoms with Gasteiger partial charge in [-0.25, -0.2) is 15.0 Å². The Balaban J connectivity index is 1.48. The number of hydrogen-bond donors (Lipinski definition) is 0. The van der Waals surface area contributed by atoms with Crippen molar-refractivity contribution >= 4 is 31.5 Å². The summed E-state index contributed by atoms with van der Waals surface area (Å²) in [5, 5.41) is 2.48. The molecule has 0 saturated heterocycles. The predicted octanol–water partition coefficient (Wildman–Crippen LogP) is 9.22. The van der Waals surface area contributed by atoms with E-state index in [1.165, 1.54) is 25.7 Å². The summed E-state index contributed by atoms with van der Waals surface area (Å²) < 4.78 is 2.52. The highest BCUT2D eigenvalue weighted by Gasteiger charge is 2.17. The zero-order valence-electron chi connectivity index (χ0n) is 20.8. The van der Waals surface area contributed by atoms with Gasteiger partial charge in [-0.3, -0.25) is 0 Å². The SMILES string of the molecule is Cc1cccc2sc3cccc(-c4nc(-c5ccccc5)nc(-c5cccc(-c6ccccc6)c5)n4)c3c12. The van der Waals surface area contributed by atoms with Crippen molar-refractivity contribution in [3.8, 4) is 45.3 Å². The number of aromatic nitrogens is 3. The number of aryl methyl sites for hydroxylation is 1. The monoisotopic (exact) mass is 505 g/mol. The second-order valence-electron chi connectivity index (χ2n) is 9.35. The molecule has 7 rings (SSSR count). The predicted molar refractivity (Wildman–Crippen MR) is 159 cm³/mol. The van der Waals surface area contributed by atoms with Gasteiger partial charge in [0, 0.05) is 36.9 Å². The maximum absolute atomic E-state index is 5.08. The van der Waals surface area contributed by atoms with Crippen LogP contribution in [-0.2, 0) is 0 Å². The van der Waals surface area contributed by atoms with Crippen molar-refractivity contribution in [1.82, 2.24) is 15.0 Å². The van der Waals surface area contributed by atoms with E-state index in [-0.39, 0.29) is 0 Å². The molecule has 0 fully saturated rings. The van der Waals surface area contributed by atoms with E-state index in [1.807, 2.05) is 47.7 Å². The highest BCUT2D eigenvalue weighted by Crippen LogP contribution is 2.41. The van der Waals surface area contributed by atoms with Gasteiger partial charge >= 0.3 is 0 Å². The Morgan fingerprint density at radius 1 is 0.447 bits per heavy atom. The summed E-state index contributed by atoms with van der Waals surface area (Å²) in [7, 11) is 0. The highest BCUT2D eigenvalue weighted by molar-refractivity contribution is 7.26. The standard InChI is InChI=1S/C34H23N3S/c1-22-11-8-19-28-30(22)31-27(18-10-20-29(31)38-28)34-36-32(24-14-6-3-7-15-24)35-33(37-34)26-17-9-16-25(21-26)23-12-4-2-5-13-23/h2-21H,1H3. The maximum atomic E-state index is 5.08. The fourth-order valence-corrected chi connectivity index (χ4v) is 6.24. The van der Waals surface area contributed by atoms with E-state index in [0.717, 1.165) is 27.8 Å². The van der Waals surface area contributed by atoms with Crippen LogP contribution >= 0.6 is 11.3 Å². The Hall–Kier alpha value is -4.67. The van der Waals surface area contributed by atoms with E-state index in [2.05, 4.69) is 91.9 Å². The summed E-state index contributed by atoms with van der Waals surface area (Å²) in [6.45, 7) is 2.18. The lowest BCUT2D eigenvalue weighted by atomic mass is 10.0. The molecule has 0 N–H and O–H groups in total. The van der Waals surface area contributed by atoms with Crippen molar-refractivity contribution in [1.29, 1.82) is 0 Å². The summed E-state index contributed by atoms with van der Waals surface area (Å²) >= 11 is 1.81. The van der Waals surface area contributed by atoms with Crippen LogP contribution in [0.25, 0.3) is 65.5 Å². The van der Waals surface area contributed by atoms with Crippen LogP contribution in [0.4, 0.5) is 0 Å². The minimum absolute atomic E-state index is 0.667. The number of rotatable bonds is 4. The molecule has 2 heterocycles. The molecule has 0 atom stereocenters. The van der Waals surface area contributed by atoms with Gasteiger partial charge in [0.1, 0.15) is 0 Å². The van der Waals surface area contributed by atoms with Crippen molar-refractivity contribution < 1.29 is 0 Å². The molecule has 0 saturated carbocycles. The molecule has 0 aliphatic rings. The van der Waals surface area contributed by atoms with Crippen LogP contribution in [0.3, 0.4) is 0 Å². The highest BCUT2D eigenvalue weighted by atomic mass is 32.1. The normalized spacial score (nSPS) is 11.3. The molecule has 4 heteroatoms. The zero-order chi connectivity index (χ0) is 25.5. The lowest BCUT2D eigenvalue weighted by Crippen LogP contribution is -2.00. The molecule has 180 valence electrons. The Morgan fingerprint density at radius 2 is 1.00 bits per heavy atom. The van der Waals surface area contributed by atoms with E-state index in [9.17, 15) is 0 Å². The van der Waals surface area contributed by atoms with Crippen molar-refractivity contribution in [2.45, 2.75) is 6.92 Å². The lowest BCUT2D eigenvalue weighted by Gasteiger charge is -2.11. The van der Waals surface area contributed by atoms with Gasteiger partial charge in [0.25, 0.3) is 0 Å². The molecule has 0 bridgehead atoms. The van der Waals surface area contributed by atoms with E-state index in [1.54, 1.807) is 0 Å². The second-order valence-corrected chi connectivity index (χ2v) is 10.4. The Labute approximate surface area is 225 Å². The minimum Gasteiger partial charge on any atom is -0.208 e. The van der Waals surface area contributed by atoms with Crippen LogP contribution in [0.5, 0.6) is 0 Å². The number of thiophene rings is 1. The van der Waals surface area contributed by atoms with Crippen molar-refractivity contribution in [3.05, 3.63) is 127 Å². The fraction of sp³-hybridized carbons (Fsp3) is 0.0294. The van der Waals surface area contributed by atoms with Gasteiger partial charge in [-0.2, -0.15) is 0 Å². The Bertz CT molecular complexity index is 1930. The molecule has 0 unspecified atom stereocenters. The van der Waals surface area contributed by atoms with E-state index in [0.29, 0.717) is 17.5 Å². The molecular formula is C34H23N3S. The molecule has 5 aromatic carbocycles. The second kappa shape index (κ2) is 9.33. The van der Waals surface area contributed by atoms with Crippen LogP contribution in [0.15, 0.2) is 121 Å². The number of nitrogens with zero attached hydrogens (tertiary/aromatic N) is 3. The molecule has 0 aliphatic carbocycles. The number of hydrogen-bond acceptors (Lipinski definition) is 4. The van der Waals surface area contributed by atoms with Crippen molar-refractivity contribution in [2.75, 3.05) is 0 Å². The Morgan fingerprint density at radius 3 is 1.76 bits per heavy atom. The van der Waals surface area contributed by atoms with Crippen LogP contribution in [0.2, 0.25) is 0 Å². The summed E-state index contributed by atoms with van der Waals surface area (Å²) in [4.78, 5) is 15.1. The molecule has 38 heavy (non-hydrogen) atoms. The minimum atomic E-state index is 0.667. The van der Waals surface area contributed by atoms with Gasteiger partial charge in [0.2, 0.25) is 0 Å². The number of benzene rings is 5. The average Bonchev–Trinajstić information content (AvgIpc) is 3.38. The molecule has 2 aromatic heterocycles. The summed E-state index contributed by atoms with van der Waals surface area (Å²) in [5.74, 6) is 2.02. The van der Waals surface area contributed by atoms with Gasteiger partial charge in [-0.05, 0) is 41.8 Å². The first kappa shape index (κ1) is 22.5. The van der Waals surface area contributed by atoms with Gasteiger partial charge in [-0.15, -0.1) is 11.3 Å². The first-order valence-corrected chi connectivity index (χ1v) is 13.4. The molecule has 3 nitrogen and oxygen atoms in total. The lowest BCUT2D eigenvalue weighted by molar-refractivity contribution is 1.08. The van der Waals surface area contributed by atoms with E-state index in [4.69, 9.17) is 15.0 Å². The van der Waals surface area contributed by atoms with Gasteiger partial charge in [-0.1, -0.05) is 103 Å². The number of fused-ring (bicyclic) bond motifs is 3.